The van der Waals surface area contributed by atoms with Crippen molar-refractivity contribution in [1.82, 2.24) is 0 Å². The van der Waals surface area contributed by atoms with E-state index in [-0.39, 0.29) is 12.9 Å². The first kappa shape index (κ1) is 28.4. The van der Waals surface area contributed by atoms with E-state index in [9.17, 15) is 19.2 Å². The van der Waals surface area contributed by atoms with Crippen LogP contribution in [0.2, 0.25) is 0 Å². The molecule has 0 unspecified atom stereocenters. The predicted molar refractivity (Wildman–Crippen MR) is 135 cm³/mol. The summed E-state index contributed by atoms with van der Waals surface area (Å²) in [6, 6.07) is 18.2. The van der Waals surface area contributed by atoms with Crippen molar-refractivity contribution >= 4 is 30.3 Å². The number of hydrogen-bond acceptors (Lipinski definition) is 10. The van der Waals surface area contributed by atoms with Gasteiger partial charge in [0, 0.05) is 45.2 Å². The lowest BCUT2D eigenvalue weighted by Crippen LogP contribution is -2.54. The van der Waals surface area contributed by atoms with Crippen LogP contribution in [0.4, 0.5) is 0 Å². The van der Waals surface area contributed by atoms with Gasteiger partial charge in [-0.15, -0.1) is 0 Å². The van der Waals surface area contributed by atoms with Crippen LogP contribution in [-0.4, -0.2) is 61.2 Å². The molecule has 2 aromatic rings. The Morgan fingerprint density at radius 1 is 0.947 bits per heavy atom. The van der Waals surface area contributed by atoms with Crippen LogP contribution < -0.4 is 0 Å². The molecule has 3 rings (SSSR count). The average Bonchev–Trinajstić information content (AvgIpc) is 2.89. The van der Waals surface area contributed by atoms with E-state index in [4.69, 9.17) is 23.7 Å². The number of hydrogen-bond donors (Lipinski definition) is 0. The molecule has 0 N–H and O–H groups in total. The zero-order valence-electron chi connectivity index (χ0n) is 21.7. The molecule has 2 aromatic carbocycles. The number of nitrogens with zero attached hydrogens (tertiary/aromatic N) is 1. The van der Waals surface area contributed by atoms with Crippen LogP contribution in [0.25, 0.3) is 0 Å². The van der Waals surface area contributed by atoms with Crippen molar-refractivity contribution in [2.75, 3.05) is 6.61 Å². The minimum Gasteiger partial charge on any atom is -0.465 e. The number of benzene rings is 2. The lowest BCUT2D eigenvalue weighted by molar-refractivity contribution is -0.188. The van der Waals surface area contributed by atoms with Gasteiger partial charge in [-0.25, -0.2) is 4.99 Å². The summed E-state index contributed by atoms with van der Waals surface area (Å²) in [6.07, 6.45) is -3.66. The normalized spacial score (nSPS) is 18.4. The van der Waals surface area contributed by atoms with Gasteiger partial charge in [-0.05, 0) is 0 Å². The van der Waals surface area contributed by atoms with Crippen LogP contribution in [0.15, 0.2) is 65.7 Å². The van der Waals surface area contributed by atoms with Gasteiger partial charge >= 0.3 is 17.9 Å². The summed E-state index contributed by atoms with van der Waals surface area (Å²) < 4.78 is 27.8. The molecule has 0 bridgehead atoms. The Bertz CT molecular complexity index is 1110. The molecule has 1 heterocycles. The number of carbonyl (C=O) groups is 4. The molecule has 0 radical (unpaired) electrons. The van der Waals surface area contributed by atoms with Crippen molar-refractivity contribution in [3.63, 3.8) is 0 Å². The van der Waals surface area contributed by atoms with Crippen molar-refractivity contribution in [3.8, 4) is 0 Å². The maximum absolute atomic E-state index is 12.3. The molecule has 0 amide bonds. The van der Waals surface area contributed by atoms with E-state index in [0.29, 0.717) is 5.90 Å². The van der Waals surface area contributed by atoms with E-state index in [1.54, 1.807) is 6.92 Å². The highest BCUT2D eigenvalue weighted by Gasteiger charge is 2.49. The Morgan fingerprint density at radius 3 is 1.97 bits per heavy atom. The third-order valence-electron chi connectivity index (χ3n) is 6.00. The summed E-state index contributed by atoms with van der Waals surface area (Å²) in [5, 5.41) is 0. The summed E-state index contributed by atoms with van der Waals surface area (Å²) in [4.78, 5) is 51.9. The smallest absolute Gasteiger partial charge is 0.303 e. The first-order chi connectivity index (χ1) is 18.2. The number of ether oxygens (including phenoxy) is 5. The molecule has 10 nitrogen and oxygen atoms in total. The van der Waals surface area contributed by atoms with Crippen molar-refractivity contribution in [2.24, 2.45) is 4.99 Å². The fourth-order valence-corrected chi connectivity index (χ4v) is 4.60. The first-order valence-electron chi connectivity index (χ1n) is 12.1. The Hall–Kier alpha value is -4.21. The summed E-state index contributed by atoms with van der Waals surface area (Å²) in [5.41, 5.74) is 0.628. The van der Waals surface area contributed by atoms with E-state index >= 15 is 0 Å². The van der Waals surface area contributed by atoms with E-state index in [0.717, 1.165) is 11.1 Å². The molecule has 0 aromatic heterocycles. The fourth-order valence-electron chi connectivity index (χ4n) is 4.60. The minimum absolute atomic E-state index is 0.145. The highest BCUT2D eigenvalue weighted by Crippen LogP contribution is 2.43. The second-order valence-electron chi connectivity index (χ2n) is 8.80. The van der Waals surface area contributed by atoms with Gasteiger partial charge in [0.2, 0.25) is 0 Å². The van der Waals surface area contributed by atoms with Crippen LogP contribution in [-0.2, 0) is 48.5 Å². The van der Waals surface area contributed by atoms with Gasteiger partial charge < -0.3 is 23.7 Å². The van der Waals surface area contributed by atoms with Crippen LogP contribution in [0.3, 0.4) is 0 Å². The second-order valence-corrected chi connectivity index (χ2v) is 8.80. The zero-order valence-corrected chi connectivity index (χ0v) is 21.7. The molecule has 0 saturated heterocycles. The van der Waals surface area contributed by atoms with E-state index in [1.165, 1.54) is 20.8 Å². The molecule has 10 heteroatoms. The van der Waals surface area contributed by atoms with Crippen LogP contribution >= 0.6 is 0 Å². The molecular formula is C28H31NO9. The third kappa shape index (κ3) is 6.96. The molecule has 0 fully saturated rings. The van der Waals surface area contributed by atoms with Gasteiger partial charge in [-0.2, -0.15) is 0 Å². The average molecular weight is 526 g/mol. The van der Waals surface area contributed by atoms with E-state index in [2.05, 4.69) is 4.99 Å². The van der Waals surface area contributed by atoms with Crippen LogP contribution in [0, 0.1) is 0 Å². The summed E-state index contributed by atoms with van der Waals surface area (Å²) in [7, 11) is 0. The molecule has 0 saturated carbocycles. The van der Waals surface area contributed by atoms with Crippen molar-refractivity contribution in [2.45, 2.75) is 64.1 Å². The number of esters is 3. The van der Waals surface area contributed by atoms with Gasteiger partial charge in [-0.1, -0.05) is 60.7 Å². The number of aliphatic imine (C=N–C) groups is 1. The molecule has 0 aliphatic carbocycles. The van der Waals surface area contributed by atoms with Crippen LogP contribution in [0.1, 0.15) is 45.2 Å². The van der Waals surface area contributed by atoms with Crippen molar-refractivity contribution in [1.29, 1.82) is 0 Å². The fraction of sp³-hybridized carbons (Fsp3) is 0.393. The van der Waals surface area contributed by atoms with Gasteiger partial charge in [-0.3, -0.25) is 19.2 Å². The zero-order chi connectivity index (χ0) is 27.7. The SMILES string of the molecule is CC(=O)OC[C@@H](OC=O)[C@@H](OC(C)=O)[C@H](OC(C)=O)[C@@H]1CC(c2ccccc2)(c2ccccc2)OC(C)=N1. The standard InChI is InChI=1S/C28H31NO9/c1-18-29-24(15-28(38-18,22-11-7-5-8-12-22)23-13-9-6-10-14-23)26(36-20(3)32)27(37-21(4)33)25(35-17-30)16-34-19(2)31/h5-14,17,24-27H,15-16H2,1-4H3/t24-,25+,26+,27+/m0/s1. The van der Waals surface area contributed by atoms with Crippen molar-refractivity contribution < 1.29 is 42.9 Å². The van der Waals surface area contributed by atoms with Gasteiger partial charge in [0.25, 0.3) is 6.47 Å². The lowest BCUT2D eigenvalue weighted by Gasteiger charge is -2.43. The maximum Gasteiger partial charge on any atom is 0.303 e. The van der Waals surface area contributed by atoms with Gasteiger partial charge in [0.15, 0.2) is 29.8 Å². The quantitative estimate of drug-likeness (QED) is 0.247. The largest absolute Gasteiger partial charge is 0.465 e. The Labute approximate surface area is 220 Å². The molecule has 0 spiro atoms. The highest BCUT2D eigenvalue weighted by molar-refractivity contribution is 5.76. The third-order valence-corrected chi connectivity index (χ3v) is 6.00. The van der Waals surface area contributed by atoms with Crippen molar-refractivity contribution in [3.05, 3.63) is 71.8 Å². The lowest BCUT2D eigenvalue weighted by atomic mass is 9.78. The second kappa shape index (κ2) is 12.8. The topological polar surface area (TPSA) is 127 Å². The maximum atomic E-state index is 12.3. The minimum atomic E-state index is -1.34. The highest BCUT2D eigenvalue weighted by atomic mass is 16.6. The monoisotopic (exact) mass is 525 g/mol. The number of rotatable bonds is 11. The molecule has 4 atom stereocenters. The summed E-state index contributed by atoms with van der Waals surface area (Å²) in [5.74, 6) is -1.73. The van der Waals surface area contributed by atoms with E-state index in [1.807, 2.05) is 60.7 Å². The molecule has 202 valence electrons. The summed E-state index contributed by atoms with van der Waals surface area (Å²) in [6.45, 7) is 4.94. The molecular weight excluding hydrogens is 494 g/mol. The van der Waals surface area contributed by atoms with Gasteiger partial charge in [0.1, 0.15) is 6.61 Å². The first-order valence-corrected chi connectivity index (χ1v) is 12.1. The summed E-state index contributed by atoms with van der Waals surface area (Å²) >= 11 is 0. The Balaban J connectivity index is 2.14. The van der Waals surface area contributed by atoms with Crippen LogP contribution in [0.5, 0.6) is 0 Å². The Kier molecular flexibility index (Phi) is 9.59. The van der Waals surface area contributed by atoms with E-state index < -0.39 is 54.5 Å². The number of carbonyl (C=O) groups excluding carboxylic acids is 4. The predicted octanol–water partition coefficient (Wildman–Crippen LogP) is 3.11. The molecule has 1 aliphatic rings. The molecule has 1 aliphatic heterocycles. The molecule has 38 heavy (non-hydrogen) atoms. The Morgan fingerprint density at radius 2 is 1.50 bits per heavy atom. The van der Waals surface area contributed by atoms with Gasteiger partial charge in [0.05, 0.1) is 6.04 Å².